The maximum absolute atomic E-state index is 11.1. The SMILES string of the molecule is CC/C=C/CC(=O)OCCOCCOC. The van der Waals surface area contributed by atoms with Crippen LogP contribution in [0.15, 0.2) is 12.2 Å². The summed E-state index contributed by atoms with van der Waals surface area (Å²) in [7, 11) is 1.61. The molecule has 0 spiro atoms. The van der Waals surface area contributed by atoms with Gasteiger partial charge < -0.3 is 14.2 Å². The van der Waals surface area contributed by atoms with E-state index < -0.39 is 0 Å². The fourth-order valence-electron chi connectivity index (χ4n) is 0.864. The highest BCUT2D eigenvalue weighted by Gasteiger charge is 1.98. The number of allylic oxidation sites excluding steroid dienone is 1. The molecule has 0 aromatic heterocycles. The average molecular weight is 216 g/mol. The molecule has 0 heterocycles. The van der Waals surface area contributed by atoms with Gasteiger partial charge in [-0.25, -0.2) is 0 Å². The summed E-state index contributed by atoms with van der Waals surface area (Å²) in [6, 6.07) is 0. The minimum Gasteiger partial charge on any atom is -0.463 e. The molecule has 0 bridgehead atoms. The lowest BCUT2D eigenvalue weighted by Gasteiger charge is -2.04. The summed E-state index contributed by atoms with van der Waals surface area (Å²) < 4.78 is 14.8. The highest BCUT2D eigenvalue weighted by Crippen LogP contribution is 1.90. The molecule has 0 fully saturated rings. The summed E-state index contributed by atoms with van der Waals surface area (Å²) in [5, 5.41) is 0. The van der Waals surface area contributed by atoms with Gasteiger partial charge in [-0.05, 0) is 6.42 Å². The summed E-state index contributed by atoms with van der Waals surface area (Å²) in [4.78, 5) is 11.1. The van der Waals surface area contributed by atoms with Crippen molar-refractivity contribution in [2.24, 2.45) is 0 Å². The molecule has 88 valence electrons. The number of ether oxygens (including phenoxy) is 3. The summed E-state index contributed by atoms with van der Waals surface area (Å²) >= 11 is 0. The predicted octanol–water partition coefficient (Wildman–Crippen LogP) is 1.55. The largest absolute Gasteiger partial charge is 0.463 e. The summed E-state index contributed by atoms with van der Waals surface area (Å²) in [6.07, 6.45) is 5.03. The molecule has 0 amide bonds. The van der Waals surface area contributed by atoms with E-state index in [0.29, 0.717) is 32.8 Å². The molecule has 0 aliphatic carbocycles. The van der Waals surface area contributed by atoms with E-state index in [1.807, 2.05) is 19.1 Å². The van der Waals surface area contributed by atoms with E-state index in [-0.39, 0.29) is 5.97 Å². The van der Waals surface area contributed by atoms with Gasteiger partial charge in [-0.2, -0.15) is 0 Å². The van der Waals surface area contributed by atoms with Crippen LogP contribution in [-0.4, -0.2) is 39.5 Å². The Hall–Kier alpha value is -0.870. The first-order chi connectivity index (χ1) is 7.31. The van der Waals surface area contributed by atoms with Gasteiger partial charge in [0.15, 0.2) is 0 Å². The van der Waals surface area contributed by atoms with Crippen molar-refractivity contribution in [2.45, 2.75) is 19.8 Å². The molecule has 15 heavy (non-hydrogen) atoms. The van der Waals surface area contributed by atoms with E-state index in [9.17, 15) is 4.79 Å². The zero-order valence-corrected chi connectivity index (χ0v) is 9.53. The Morgan fingerprint density at radius 1 is 1.13 bits per heavy atom. The minimum atomic E-state index is -0.213. The van der Waals surface area contributed by atoms with Crippen molar-refractivity contribution >= 4 is 5.97 Å². The number of methoxy groups -OCH3 is 1. The number of esters is 1. The zero-order chi connectivity index (χ0) is 11.4. The molecule has 4 heteroatoms. The number of rotatable bonds is 9. The van der Waals surface area contributed by atoms with Gasteiger partial charge in [-0.1, -0.05) is 19.1 Å². The lowest BCUT2D eigenvalue weighted by molar-refractivity contribution is -0.144. The third kappa shape index (κ3) is 11.1. The predicted molar refractivity (Wildman–Crippen MR) is 57.7 cm³/mol. The first kappa shape index (κ1) is 14.1. The van der Waals surface area contributed by atoms with Crippen molar-refractivity contribution in [1.29, 1.82) is 0 Å². The quantitative estimate of drug-likeness (QED) is 0.333. The third-order valence-electron chi connectivity index (χ3n) is 1.61. The second-order valence-electron chi connectivity index (χ2n) is 2.91. The van der Waals surface area contributed by atoms with Gasteiger partial charge >= 0.3 is 5.97 Å². The van der Waals surface area contributed by atoms with E-state index in [4.69, 9.17) is 14.2 Å². The first-order valence-corrected chi connectivity index (χ1v) is 5.18. The third-order valence-corrected chi connectivity index (χ3v) is 1.61. The topological polar surface area (TPSA) is 44.8 Å². The minimum absolute atomic E-state index is 0.213. The number of carbonyl (C=O) groups is 1. The Kier molecular flexibility index (Phi) is 10.6. The molecule has 0 saturated heterocycles. The zero-order valence-electron chi connectivity index (χ0n) is 9.53. The van der Waals surface area contributed by atoms with Gasteiger partial charge in [0.05, 0.1) is 26.2 Å². The molecule has 4 nitrogen and oxygen atoms in total. The summed E-state index contributed by atoms with van der Waals surface area (Å²) in [6.45, 7) is 3.84. The molecular formula is C11H20O4. The molecule has 0 aromatic carbocycles. The second-order valence-corrected chi connectivity index (χ2v) is 2.91. The monoisotopic (exact) mass is 216 g/mol. The number of hydrogen-bond acceptors (Lipinski definition) is 4. The molecule has 0 atom stereocenters. The normalized spacial score (nSPS) is 10.8. The van der Waals surface area contributed by atoms with Crippen LogP contribution < -0.4 is 0 Å². The lowest BCUT2D eigenvalue weighted by Crippen LogP contribution is -2.11. The smallest absolute Gasteiger partial charge is 0.309 e. The molecule has 0 radical (unpaired) electrons. The molecule has 0 saturated carbocycles. The second kappa shape index (κ2) is 11.2. The maximum atomic E-state index is 11.1. The fraction of sp³-hybridized carbons (Fsp3) is 0.727. The fourth-order valence-corrected chi connectivity index (χ4v) is 0.864. The maximum Gasteiger partial charge on any atom is 0.309 e. The van der Waals surface area contributed by atoms with Crippen LogP contribution in [-0.2, 0) is 19.0 Å². The highest BCUT2D eigenvalue weighted by atomic mass is 16.6. The number of carbonyl (C=O) groups excluding carboxylic acids is 1. The average Bonchev–Trinajstić information content (AvgIpc) is 2.23. The first-order valence-electron chi connectivity index (χ1n) is 5.18. The van der Waals surface area contributed by atoms with Crippen molar-refractivity contribution in [2.75, 3.05) is 33.5 Å². The van der Waals surface area contributed by atoms with E-state index >= 15 is 0 Å². The van der Waals surface area contributed by atoms with Crippen LogP contribution in [0.3, 0.4) is 0 Å². The molecule has 0 aromatic rings. The van der Waals surface area contributed by atoms with Gasteiger partial charge in [-0.3, -0.25) is 4.79 Å². The van der Waals surface area contributed by atoms with Gasteiger partial charge in [0.2, 0.25) is 0 Å². The van der Waals surface area contributed by atoms with Gasteiger partial charge in [0, 0.05) is 7.11 Å². The van der Waals surface area contributed by atoms with Crippen LogP contribution in [0.25, 0.3) is 0 Å². The molecule has 0 aliphatic rings. The molecule has 0 rings (SSSR count). The van der Waals surface area contributed by atoms with E-state index in [2.05, 4.69) is 0 Å². The molecular weight excluding hydrogens is 196 g/mol. The van der Waals surface area contributed by atoms with Gasteiger partial charge in [0.25, 0.3) is 0 Å². The van der Waals surface area contributed by atoms with Gasteiger partial charge in [0.1, 0.15) is 6.61 Å². The molecule has 0 N–H and O–H groups in total. The van der Waals surface area contributed by atoms with E-state index in [0.717, 1.165) is 6.42 Å². The highest BCUT2D eigenvalue weighted by molar-refractivity contribution is 5.71. The van der Waals surface area contributed by atoms with Crippen molar-refractivity contribution in [3.8, 4) is 0 Å². The summed E-state index contributed by atoms with van der Waals surface area (Å²) in [5.41, 5.74) is 0. The van der Waals surface area contributed by atoms with E-state index in [1.165, 1.54) is 0 Å². The van der Waals surface area contributed by atoms with Crippen LogP contribution >= 0.6 is 0 Å². The van der Waals surface area contributed by atoms with E-state index in [1.54, 1.807) is 7.11 Å². The van der Waals surface area contributed by atoms with Crippen LogP contribution in [0.2, 0.25) is 0 Å². The Labute approximate surface area is 91.2 Å². The standard InChI is InChI=1S/C11H20O4/c1-3-4-5-6-11(12)15-10-9-14-8-7-13-2/h4-5H,3,6-10H2,1-2H3/b5-4+. The van der Waals surface area contributed by atoms with Crippen molar-refractivity contribution in [3.63, 3.8) is 0 Å². The number of hydrogen-bond donors (Lipinski definition) is 0. The Morgan fingerprint density at radius 3 is 2.53 bits per heavy atom. The Bertz CT molecular complexity index is 177. The Balaban J connectivity index is 3.20. The Morgan fingerprint density at radius 2 is 1.87 bits per heavy atom. The summed E-state index contributed by atoms with van der Waals surface area (Å²) in [5.74, 6) is -0.213. The van der Waals surface area contributed by atoms with Crippen molar-refractivity contribution in [3.05, 3.63) is 12.2 Å². The van der Waals surface area contributed by atoms with Crippen LogP contribution in [0.1, 0.15) is 19.8 Å². The van der Waals surface area contributed by atoms with Crippen LogP contribution in [0.4, 0.5) is 0 Å². The molecule has 0 unspecified atom stereocenters. The van der Waals surface area contributed by atoms with Crippen molar-refractivity contribution in [1.82, 2.24) is 0 Å². The van der Waals surface area contributed by atoms with Gasteiger partial charge in [-0.15, -0.1) is 0 Å². The molecule has 0 aliphatic heterocycles. The van der Waals surface area contributed by atoms with Crippen molar-refractivity contribution < 1.29 is 19.0 Å². The lowest BCUT2D eigenvalue weighted by atomic mass is 10.3. The van der Waals surface area contributed by atoms with Crippen LogP contribution in [0, 0.1) is 0 Å². The van der Waals surface area contributed by atoms with Crippen LogP contribution in [0.5, 0.6) is 0 Å².